The highest BCUT2D eigenvalue weighted by molar-refractivity contribution is 6.18. The van der Waals surface area contributed by atoms with E-state index in [1.807, 2.05) is 18.2 Å². The van der Waals surface area contributed by atoms with Gasteiger partial charge in [0.25, 0.3) is 0 Å². The van der Waals surface area contributed by atoms with Crippen LogP contribution >= 0.6 is 0 Å². The first-order valence-electron chi connectivity index (χ1n) is 21.2. The normalized spacial score (nSPS) is 11.8. The van der Waals surface area contributed by atoms with Gasteiger partial charge in [-0.25, -0.2) is 4.98 Å². The molecule has 0 spiro atoms. The largest absolute Gasteiger partial charge is 0.455 e. The van der Waals surface area contributed by atoms with E-state index in [0.29, 0.717) is 23.2 Å². The molecule has 9 aromatic carbocycles. The van der Waals surface area contributed by atoms with Crippen LogP contribution in [0.4, 0.5) is 0 Å². The van der Waals surface area contributed by atoms with Crippen molar-refractivity contribution in [3.63, 3.8) is 0 Å². The highest BCUT2D eigenvalue weighted by Gasteiger charge is 2.24. The summed E-state index contributed by atoms with van der Waals surface area (Å²) < 4.78 is 11.6. The molecule has 13 aromatic rings. The van der Waals surface area contributed by atoms with Crippen molar-refractivity contribution in [2.24, 2.45) is 0 Å². The summed E-state index contributed by atoms with van der Waals surface area (Å²) in [5.74, 6) is 1.60. The summed E-state index contributed by atoms with van der Waals surface area (Å²) in [7, 11) is 0. The van der Waals surface area contributed by atoms with Crippen LogP contribution in [-0.2, 0) is 0 Å². The van der Waals surface area contributed by atoms with Crippen molar-refractivity contribution in [2.45, 2.75) is 0 Å². The zero-order chi connectivity index (χ0) is 41.4. The first kappa shape index (κ1) is 35.2. The van der Waals surface area contributed by atoms with Gasteiger partial charge in [0.2, 0.25) is 5.95 Å². The fraction of sp³-hybridized carbons (Fsp3) is 0. The van der Waals surface area contributed by atoms with E-state index in [0.717, 1.165) is 88.3 Å². The zero-order valence-corrected chi connectivity index (χ0v) is 33.9. The minimum atomic E-state index is 0.511. The molecule has 0 saturated heterocycles. The van der Waals surface area contributed by atoms with Gasteiger partial charge in [-0.1, -0.05) is 170 Å². The maximum atomic E-state index is 7.01. The molecule has 294 valence electrons. The number of furan rings is 1. The molecule has 0 fully saturated rings. The zero-order valence-electron chi connectivity index (χ0n) is 33.9. The van der Waals surface area contributed by atoms with E-state index in [1.165, 1.54) is 10.8 Å². The van der Waals surface area contributed by atoms with Gasteiger partial charge in [-0.05, 0) is 64.7 Å². The van der Waals surface area contributed by atoms with E-state index in [4.69, 9.17) is 19.4 Å². The number of rotatable bonds is 6. The highest BCUT2D eigenvalue weighted by atomic mass is 16.3. The summed E-state index contributed by atoms with van der Waals surface area (Å²) >= 11 is 0. The molecule has 6 heteroatoms. The van der Waals surface area contributed by atoms with E-state index in [1.54, 1.807) is 0 Å². The Morgan fingerprint density at radius 1 is 0.333 bits per heavy atom. The Morgan fingerprint density at radius 3 is 1.49 bits per heavy atom. The first-order valence-corrected chi connectivity index (χ1v) is 21.2. The second-order valence-electron chi connectivity index (χ2n) is 16.0. The van der Waals surface area contributed by atoms with Crippen LogP contribution in [0.5, 0.6) is 0 Å². The summed E-state index contributed by atoms with van der Waals surface area (Å²) in [4.78, 5) is 16.2. The third-order valence-electron chi connectivity index (χ3n) is 12.4. The van der Waals surface area contributed by atoms with Crippen LogP contribution in [0.2, 0.25) is 0 Å². The number of hydrogen-bond acceptors (Lipinski definition) is 4. The maximum absolute atomic E-state index is 7.01. The third-order valence-corrected chi connectivity index (χ3v) is 12.4. The van der Waals surface area contributed by atoms with Crippen molar-refractivity contribution in [1.29, 1.82) is 0 Å². The van der Waals surface area contributed by atoms with Crippen molar-refractivity contribution in [3.05, 3.63) is 212 Å². The van der Waals surface area contributed by atoms with Gasteiger partial charge in [0, 0.05) is 43.6 Å². The van der Waals surface area contributed by atoms with Crippen LogP contribution in [0.15, 0.2) is 217 Å². The molecule has 0 radical (unpaired) electrons. The van der Waals surface area contributed by atoms with Gasteiger partial charge in [0.15, 0.2) is 11.6 Å². The standard InChI is InChI=1S/C57H35N5O/c1-4-18-36(19-5-1)40-27-16-32-50-52(40)44-26-12-15-31-49(44)62(50)57-59-55(38-22-8-3-9-23-38)58-56(60-57)46-35-39(61-47-29-13-10-24-42(47)43-25-11-14-30-48(43)61)34-45-53-41(37-20-6-2-7-21-37)28-17-33-51(53)63-54(45)46/h1-35H. The number of nitrogens with zero attached hydrogens (tertiary/aromatic N) is 5. The highest BCUT2D eigenvalue weighted by Crippen LogP contribution is 2.44. The van der Waals surface area contributed by atoms with Gasteiger partial charge >= 0.3 is 0 Å². The molecule has 0 aliphatic rings. The summed E-state index contributed by atoms with van der Waals surface area (Å²) in [5, 5.41) is 6.65. The fourth-order valence-corrected chi connectivity index (χ4v) is 9.66. The Labute approximate surface area is 361 Å². The summed E-state index contributed by atoms with van der Waals surface area (Å²) in [6.07, 6.45) is 0. The number of fused-ring (bicyclic) bond motifs is 9. The Balaban J connectivity index is 1.16. The number of hydrogen-bond donors (Lipinski definition) is 0. The second kappa shape index (κ2) is 14.0. The molecule has 13 rings (SSSR count). The van der Waals surface area contributed by atoms with Gasteiger partial charge in [0.1, 0.15) is 11.2 Å². The topological polar surface area (TPSA) is 61.7 Å². The Kier molecular flexibility index (Phi) is 7.80. The molecule has 0 N–H and O–H groups in total. The van der Waals surface area contributed by atoms with Crippen LogP contribution < -0.4 is 0 Å². The SMILES string of the molecule is c1ccc(-c2nc(-c3cc(-n4c5ccccc5c5ccccc54)cc4c3oc3cccc(-c5ccccc5)c34)nc(-n3c4ccccc4c4c(-c5ccccc5)cccc43)n2)cc1. The van der Waals surface area contributed by atoms with Crippen molar-refractivity contribution in [2.75, 3.05) is 0 Å². The van der Waals surface area contributed by atoms with Crippen LogP contribution in [0.3, 0.4) is 0 Å². The summed E-state index contributed by atoms with van der Waals surface area (Å²) in [6, 6.07) is 74.3. The minimum Gasteiger partial charge on any atom is -0.455 e. The molecule has 4 heterocycles. The van der Waals surface area contributed by atoms with Gasteiger partial charge in [0.05, 0.1) is 27.6 Å². The minimum absolute atomic E-state index is 0.511. The Hall–Kier alpha value is -8.61. The molecule has 0 atom stereocenters. The number of aromatic nitrogens is 5. The van der Waals surface area contributed by atoms with Crippen LogP contribution in [0.1, 0.15) is 0 Å². The van der Waals surface area contributed by atoms with Gasteiger partial charge in [-0.3, -0.25) is 4.57 Å². The summed E-state index contributed by atoms with van der Waals surface area (Å²) in [6.45, 7) is 0. The van der Waals surface area contributed by atoms with Crippen molar-refractivity contribution in [3.8, 4) is 56.7 Å². The second-order valence-corrected chi connectivity index (χ2v) is 16.0. The third kappa shape index (κ3) is 5.48. The van der Waals surface area contributed by atoms with Crippen LogP contribution in [0, 0.1) is 0 Å². The van der Waals surface area contributed by atoms with Crippen LogP contribution in [0.25, 0.3) is 122 Å². The average Bonchev–Trinajstić information content (AvgIpc) is 4.02. The molecule has 0 aliphatic carbocycles. The lowest BCUT2D eigenvalue weighted by molar-refractivity contribution is 0.669. The molecule has 6 nitrogen and oxygen atoms in total. The van der Waals surface area contributed by atoms with Crippen molar-refractivity contribution in [1.82, 2.24) is 24.1 Å². The van der Waals surface area contributed by atoms with Crippen molar-refractivity contribution < 1.29 is 4.42 Å². The molecule has 4 aromatic heterocycles. The molecule has 0 unspecified atom stereocenters. The number of para-hydroxylation sites is 3. The molecule has 0 saturated carbocycles. The molecule has 0 bridgehead atoms. The van der Waals surface area contributed by atoms with Crippen molar-refractivity contribution >= 4 is 65.6 Å². The van der Waals surface area contributed by atoms with Gasteiger partial charge in [-0.2, -0.15) is 9.97 Å². The van der Waals surface area contributed by atoms with Crippen LogP contribution in [-0.4, -0.2) is 24.1 Å². The van der Waals surface area contributed by atoms with E-state index in [2.05, 4.69) is 203 Å². The lowest BCUT2D eigenvalue weighted by Crippen LogP contribution is -2.07. The predicted octanol–water partition coefficient (Wildman–Crippen LogP) is 14.6. The molecular weight excluding hydrogens is 771 g/mol. The maximum Gasteiger partial charge on any atom is 0.238 e. The van der Waals surface area contributed by atoms with E-state index < -0.39 is 0 Å². The number of benzene rings is 9. The van der Waals surface area contributed by atoms with E-state index >= 15 is 0 Å². The molecule has 63 heavy (non-hydrogen) atoms. The quantitative estimate of drug-likeness (QED) is 0.168. The fourth-order valence-electron chi connectivity index (χ4n) is 9.66. The Bertz CT molecular complexity index is 3850. The Morgan fingerprint density at radius 2 is 0.841 bits per heavy atom. The summed E-state index contributed by atoms with van der Waals surface area (Å²) in [5.41, 5.74) is 12.9. The molecular formula is C57H35N5O. The average molecular weight is 806 g/mol. The predicted molar refractivity (Wildman–Crippen MR) is 258 cm³/mol. The van der Waals surface area contributed by atoms with E-state index in [9.17, 15) is 0 Å². The van der Waals surface area contributed by atoms with Gasteiger partial charge < -0.3 is 8.98 Å². The first-order chi connectivity index (χ1) is 31.3. The molecule has 0 aliphatic heterocycles. The smallest absolute Gasteiger partial charge is 0.238 e. The lowest BCUT2D eigenvalue weighted by Gasteiger charge is -2.14. The van der Waals surface area contributed by atoms with Gasteiger partial charge in [-0.15, -0.1) is 0 Å². The lowest BCUT2D eigenvalue weighted by atomic mass is 9.98. The van der Waals surface area contributed by atoms with E-state index in [-0.39, 0.29) is 0 Å². The molecule has 0 amide bonds. The monoisotopic (exact) mass is 805 g/mol.